The Morgan fingerprint density at radius 3 is 2.44 bits per heavy atom. The molecular formula is C10H18N2O4. The second-order valence-electron chi connectivity index (χ2n) is 4.10. The number of hydrogen-bond donors (Lipinski definition) is 4. The van der Waals surface area contributed by atoms with Gasteiger partial charge in [0, 0.05) is 6.54 Å². The van der Waals surface area contributed by atoms with Crippen LogP contribution in [-0.4, -0.2) is 41.4 Å². The molecule has 1 fully saturated rings. The van der Waals surface area contributed by atoms with Gasteiger partial charge in [0.1, 0.15) is 0 Å². The molecule has 0 radical (unpaired) electrons. The van der Waals surface area contributed by atoms with Gasteiger partial charge in [0.05, 0.1) is 6.54 Å². The molecule has 6 heteroatoms. The van der Waals surface area contributed by atoms with Crippen LogP contribution in [0, 0.1) is 5.92 Å². The fraction of sp³-hybridized carbons (Fsp3) is 0.800. The predicted octanol–water partition coefficient (Wildman–Crippen LogP) is -0.0787. The summed E-state index contributed by atoms with van der Waals surface area (Å²) < 4.78 is 0. The third-order valence-electron chi connectivity index (χ3n) is 2.77. The minimum atomic E-state index is -1.54. The first-order valence-corrected chi connectivity index (χ1v) is 5.52. The average molecular weight is 230 g/mol. The molecular weight excluding hydrogens is 212 g/mol. The lowest BCUT2D eigenvalue weighted by Crippen LogP contribution is -2.43. The lowest BCUT2D eigenvalue weighted by atomic mass is 10.1. The van der Waals surface area contributed by atoms with Crippen LogP contribution in [0.1, 0.15) is 25.7 Å². The average Bonchev–Trinajstić information content (AvgIpc) is 2.75. The zero-order valence-electron chi connectivity index (χ0n) is 9.11. The van der Waals surface area contributed by atoms with Gasteiger partial charge < -0.3 is 20.8 Å². The summed E-state index contributed by atoms with van der Waals surface area (Å²) in [4.78, 5) is 21.5. The van der Waals surface area contributed by atoms with Crippen molar-refractivity contribution in [2.24, 2.45) is 5.92 Å². The van der Waals surface area contributed by atoms with E-state index in [4.69, 9.17) is 10.2 Å². The van der Waals surface area contributed by atoms with Crippen LogP contribution in [-0.2, 0) is 4.79 Å². The summed E-state index contributed by atoms with van der Waals surface area (Å²) in [5.74, 6) is -0.800. The molecule has 6 nitrogen and oxygen atoms in total. The number of carboxylic acid groups (broad SMARTS) is 1. The third kappa shape index (κ3) is 4.48. The molecule has 0 spiro atoms. The van der Waals surface area contributed by atoms with E-state index in [1.807, 2.05) is 0 Å². The largest absolute Gasteiger partial charge is 0.479 e. The Kier molecular flexibility index (Phi) is 5.04. The number of carboxylic acids is 1. The molecule has 0 heterocycles. The van der Waals surface area contributed by atoms with Gasteiger partial charge in [-0.15, -0.1) is 0 Å². The van der Waals surface area contributed by atoms with E-state index in [2.05, 4.69) is 10.6 Å². The van der Waals surface area contributed by atoms with Gasteiger partial charge >= 0.3 is 12.0 Å². The first-order valence-electron chi connectivity index (χ1n) is 5.52. The standard InChI is InChI=1S/C10H18N2O4/c13-8(9(14)15)6-12-10(16)11-5-7-3-1-2-4-7/h7-8,13H,1-6H2,(H,14,15)(H2,11,12,16). The van der Waals surface area contributed by atoms with E-state index in [1.165, 1.54) is 12.8 Å². The molecule has 1 atom stereocenters. The third-order valence-corrected chi connectivity index (χ3v) is 2.77. The Bertz CT molecular complexity index is 251. The number of hydrogen-bond acceptors (Lipinski definition) is 3. The molecule has 0 bridgehead atoms. The molecule has 4 N–H and O–H groups in total. The van der Waals surface area contributed by atoms with Crippen molar-refractivity contribution >= 4 is 12.0 Å². The van der Waals surface area contributed by atoms with E-state index in [0.29, 0.717) is 12.5 Å². The van der Waals surface area contributed by atoms with Crippen molar-refractivity contribution in [2.45, 2.75) is 31.8 Å². The highest BCUT2D eigenvalue weighted by atomic mass is 16.4. The van der Waals surface area contributed by atoms with Crippen LogP contribution in [0.5, 0.6) is 0 Å². The first-order chi connectivity index (χ1) is 7.59. The van der Waals surface area contributed by atoms with Crippen molar-refractivity contribution in [3.8, 4) is 0 Å². The quantitative estimate of drug-likeness (QED) is 0.531. The van der Waals surface area contributed by atoms with E-state index in [0.717, 1.165) is 12.8 Å². The highest BCUT2D eigenvalue weighted by Crippen LogP contribution is 2.23. The van der Waals surface area contributed by atoms with Gasteiger partial charge in [-0.2, -0.15) is 0 Å². The monoisotopic (exact) mass is 230 g/mol. The molecule has 0 aromatic rings. The van der Waals surface area contributed by atoms with Crippen LogP contribution >= 0.6 is 0 Å². The molecule has 1 aliphatic rings. The number of carbonyl (C=O) groups is 2. The fourth-order valence-corrected chi connectivity index (χ4v) is 1.79. The van der Waals surface area contributed by atoms with Gasteiger partial charge in [-0.25, -0.2) is 9.59 Å². The number of amides is 2. The molecule has 1 saturated carbocycles. The zero-order valence-corrected chi connectivity index (χ0v) is 9.11. The molecule has 1 rings (SSSR count). The number of nitrogens with one attached hydrogen (secondary N) is 2. The Morgan fingerprint density at radius 2 is 1.88 bits per heavy atom. The molecule has 2 amide bonds. The number of rotatable bonds is 5. The van der Waals surface area contributed by atoms with Crippen molar-refractivity contribution in [1.82, 2.24) is 10.6 Å². The van der Waals surface area contributed by atoms with Crippen molar-refractivity contribution < 1.29 is 19.8 Å². The van der Waals surface area contributed by atoms with Gasteiger partial charge in [-0.3, -0.25) is 0 Å². The summed E-state index contributed by atoms with van der Waals surface area (Å²) in [5, 5.41) is 22.3. The van der Waals surface area contributed by atoms with Crippen molar-refractivity contribution in [2.75, 3.05) is 13.1 Å². The normalized spacial score (nSPS) is 18.1. The van der Waals surface area contributed by atoms with E-state index < -0.39 is 18.1 Å². The van der Waals surface area contributed by atoms with Crippen LogP contribution in [0.4, 0.5) is 4.79 Å². The molecule has 0 aromatic heterocycles. The Hall–Kier alpha value is -1.30. The van der Waals surface area contributed by atoms with Gasteiger partial charge in [-0.05, 0) is 18.8 Å². The molecule has 1 aliphatic carbocycles. The summed E-state index contributed by atoms with van der Waals surface area (Å²) in [6, 6.07) is -0.424. The van der Waals surface area contributed by atoms with Gasteiger partial charge in [0.25, 0.3) is 0 Å². The highest BCUT2D eigenvalue weighted by Gasteiger charge is 2.17. The molecule has 0 aliphatic heterocycles. The second kappa shape index (κ2) is 6.32. The molecule has 0 aromatic carbocycles. The topological polar surface area (TPSA) is 98.7 Å². The lowest BCUT2D eigenvalue weighted by molar-refractivity contribution is -0.146. The fourth-order valence-electron chi connectivity index (χ4n) is 1.79. The van der Waals surface area contributed by atoms with Gasteiger partial charge in [-0.1, -0.05) is 12.8 Å². The highest BCUT2D eigenvalue weighted by molar-refractivity contribution is 5.76. The SMILES string of the molecule is O=C(NCC1CCCC1)NCC(O)C(=O)O. The van der Waals surface area contributed by atoms with Crippen LogP contribution in [0.3, 0.4) is 0 Å². The number of aliphatic hydroxyl groups excluding tert-OH is 1. The van der Waals surface area contributed by atoms with Crippen LogP contribution in [0.25, 0.3) is 0 Å². The lowest BCUT2D eigenvalue weighted by Gasteiger charge is -2.12. The summed E-state index contributed by atoms with van der Waals surface area (Å²) >= 11 is 0. The Morgan fingerprint density at radius 1 is 1.25 bits per heavy atom. The number of urea groups is 1. The van der Waals surface area contributed by atoms with Gasteiger partial charge in [0.2, 0.25) is 0 Å². The maximum absolute atomic E-state index is 11.2. The number of aliphatic carboxylic acids is 1. The van der Waals surface area contributed by atoms with E-state index in [-0.39, 0.29) is 6.54 Å². The van der Waals surface area contributed by atoms with E-state index >= 15 is 0 Å². The summed E-state index contributed by atoms with van der Waals surface area (Å²) in [7, 11) is 0. The molecule has 1 unspecified atom stereocenters. The predicted molar refractivity (Wildman–Crippen MR) is 57.0 cm³/mol. The second-order valence-corrected chi connectivity index (χ2v) is 4.10. The van der Waals surface area contributed by atoms with Gasteiger partial charge in [0.15, 0.2) is 6.10 Å². The molecule has 92 valence electrons. The maximum atomic E-state index is 11.2. The summed E-state index contributed by atoms with van der Waals surface area (Å²) in [5.41, 5.74) is 0. The van der Waals surface area contributed by atoms with Crippen LogP contribution in [0.2, 0.25) is 0 Å². The number of aliphatic hydroxyl groups is 1. The van der Waals surface area contributed by atoms with Crippen molar-refractivity contribution in [1.29, 1.82) is 0 Å². The minimum absolute atomic E-state index is 0.272. The van der Waals surface area contributed by atoms with E-state index in [9.17, 15) is 9.59 Å². The smallest absolute Gasteiger partial charge is 0.334 e. The van der Waals surface area contributed by atoms with Crippen LogP contribution < -0.4 is 10.6 Å². The molecule has 16 heavy (non-hydrogen) atoms. The first kappa shape index (κ1) is 12.8. The summed E-state index contributed by atoms with van der Waals surface area (Å²) in [6.07, 6.45) is 3.16. The Labute approximate surface area is 94.0 Å². The zero-order chi connectivity index (χ0) is 12.0. The van der Waals surface area contributed by atoms with Crippen LogP contribution in [0.15, 0.2) is 0 Å². The van der Waals surface area contributed by atoms with Crippen molar-refractivity contribution in [3.63, 3.8) is 0 Å². The minimum Gasteiger partial charge on any atom is -0.479 e. The summed E-state index contributed by atoms with van der Waals surface area (Å²) in [6.45, 7) is 0.348. The number of carbonyl (C=O) groups excluding carboxylic acids is 1. The Balaban J connectivity index is 2.08. The molecule has 0 saturated heterocycles. The van der Waals surface area contributed by atoms with Crippen molar-refractivity contribution in [3.05, 3.63) is 0 Å². The maximum Gasteiger partial charge on any atom is 0.334 e. The van der Waals surface area contributed by atoms with E-state index in [1.54, 1.807) is 0 Å².